The van der Waals surface area contributed by atoms with Crippen LogP contribution in [0.25, 0.3) is 0 Å². The number of carboxylic acids is 1. The Kier molecular flexibility index (Phi) is 7.05. The minimum absolute atomic E-state index is 0.320. The lowest BCUT2D eigenvalue weighted by molar-refractivity contribution is -0.142. The molecule has 7 nitrogen and oxygen atoms in total. The number of likely N-dealkylation sites (tertiary alicyclic amines) is 1. The van der Waals surface area contributed by atoms with Gasteiger partial charge in [0.15, 0.2) is 11.5 Å². The Morgan fingerprint density at radius 3 is 2.47 bits per heavy atom. The van der Waals surface area contributed by atoms with Crippen molar-refractivity contribution >= 4 is 5.97 Å². The summed E-state index contributed by atoms with van der Waals surface area (Å²) in [4.78, 5) is 14.0. The first kappa shape index (κ1) is 21.8. The lowest BCUT2D eigenvalue weighted by atomic mass is 9.94. The second-order valence-corrected chi connectivity index (χ2v) is 7.09. The summed E-state index contributed by atoms with van der Waals surface area (Å²) in [5.74, 6) is 1.77. The monoisotopic (exact) mass is 415 g/mol. The third-order valence-corrected chi connectivity index (χ3v) is 5.45. The lowest BCUT2D eigenvalue weighted by Crippen LogP contribution is -2.39. The van der Waals surface area contributed by atoms with Gasteiger partial charge in [0.1, 0.15) is 17.5 Å². The smallest absolute Gasteiger partial charge is 0.320 e. The maximum Gasteiger partial charge on any atom is 0.320 e. The van der Waals surface area contributed by atoms with Gasteiger partial charge in [-0.2, -0.15) is 0 Å². The summed E-state index contributed by atoms with van der Waals surface area (Å²) in [7, 11) is 4.81. The highest BCUT2D eigenvalue weighted by Crippen LogP contribution is 2.42. The van der Waals surface area contributed by atoms with Crippen molar-refractivity contribution in [3.05, 3.63) is 47.5 Å². The number of rotatable bonds is 9. The molecule has 30 heavy (non-hydrogen) atoms. The van der Waals surface area contributed by atoms with Crippen molar-refractivity contribution in [2.24, 2.45) is 0 Å². The molecule has 0 aliphatic carbocycles. The highest BCUT2D eigenvalue weighted by Gasteiger charge is 2.38. The zero-order valence-corrected chi connectivity index (χ0v) is 17.9. The Balaban J connectivity index is 2.16. The predicted molar refractivity (Wildman–Crippen MR) is 113 cm³/mol. The first-order valence-electron chi connectivity index (χ1n) is 10.0. The molecule has 2 atom stereocenters. The Morgan fingerprint density at radius 2 is 1.83 bits per heavy atom. The summed E-state index contributed by atoms with van der Waals surface area (Å²) in [6, 6.07) is 10.5. The van der Waals surface area contributed by atoms with Crippen LogP contribution in [-0.2, 0) is 4.79 Å². The molecule has 0 spiro atoms. The van der Waals surface area contributed by atoms with Crippen molar-refractivity contribution in [3.8, 4) is 23.0 Å². The van der Waals surface area contributed by atoms with Crippen molar-refractivity contribution in [1.29, 1.82) is 0 Å². The zero-order chi connectivity index (χ0) is 21.7. The molecule has 2 aromatic rings. The van der Waals surface area contributed by atoms with Crippen LogP contribution >= 0.6 is 0 Å². The maximum atomic E-state index is 12.0. The molecule has 0 aromatic heterocycles. The van der Waals surface area contributed by atoms with Gasteiger partial charge in [0, 0.05) is 18.2 Å². The lowest BCUT2D eigenvalue weighted by Gasteiger charge is -2.33. The van der Waals surface area contributed by atoms with Gasteiger partial charge in [0.25, 0.3) is 0 Å². The fraction of sp³-hybridized carbons (Fsp3) is 0.435. The van der Waals surface area contributed by atoms with Crippen LogP contribution in [0.3, 0.4) is 0 Å². The topological polar surface area (TPSA) is 77.5 Å². The molecule has 1 N–H and O–H groups in total. The zero-order valence-electron chi connectivity index (χ0n) is 17.9. The fourth-order valence-electron chi connectivity index (χ4n) is 4.09. The van der Waals surface area contributed by atoms with E-state index in [0.717, 1.165) is 17.5 Å². The summed E-state index contributed by atoms with van der Waals surface area (Å²) in [6.45, 7) is 3.08. The van der Waals surface area contributed by atoms with Crippen molar-refractivity contribution in [1.82, 2.24) is 4.90 Å². The molecule has 0 saturated carbocycles. The first-order chi connectivity index (χ1) is 14.5. The van der Waals surface area contributed by atoms with Crippen molar-refractivity contribution in [2.45, 2.75) is 31.8 Å². The van der Waals surface area contributed by atoms with E-state index in [4.69, 9.17) is 18.9 Å². The average molecular weight is 415 g/mol. The van der Waals surface area contributed by atoms with Crippen molar-refractivity contribution in [2.75, 3.05) is 34.5 Å². The highest BCUT2D eigenvalue weighted by molar-refractivity contribution is 5.74. The Bertz CT molecular complexity index is 884. The van der Waals surface area contributed by atoms with Crippen LogP contribution in [0, 0.1) is 0 Å². The number of benzene rings is 2. The number of methoxy groups -OCH3 is 3. The number of ether oxygens (including phenoxy) is 4. The van der Waals surface area contributed by atoms with Crippen LogP contribution in [0.2, 0.25) is 0 Å². The van der Waals surface area contributed by atoms with E-state index in [1.807, 2.05) is 48.2 Å². The van der Waals surface area contributed by atoms with Gasteiger partial charge < -0.3 is 24.1 Å². The van der Waals surface area contributed by atoms with Gasteiger partial charge in [-0.1, -0.05) is 6.07 Å². The van der Waals surface area contributed by atoms with Gasteiger partial charge in [-0.15, -0.1) is 0 Å². The van der Waals surface area contributed by atoms with Crippen LogP contribution < -0.4 is 18.9 Å². The van der Waals surface area contributed by atoms with Crippen LogP contribution in [-0.4, -0.2) is 56.5 Å². The maximum absolute atomic E-state index is 12.0. The minimum Gasteiger partial charge on any atom is -0.497 e. The molecule has 3 rings (SSSR count). The molecule has 1 saturated heterocycles. The van der Waals surface area contributed by atoms with Gasteiger partial charge in [-0.3, -0.25) is 9.69 Å². The van der Waals surface area contributed by atoms with Gasteiger partial charge in [-0.05, 0) is 49.6 Å². The normalized spacial score (nSPS) is 17.4. The number of hydrogen-bond acceptors (Lipinski definition) is 6. The van der Waals surface area contributed by atoms with E-state index in [1.165, 1.54) is 0 Å². The third kappa shape index (κ3) is 4.31. The van der Waals surface area contributed by atoms with Crippen LogP contribution in [0.5, 0.6) is 23.0 Å². The van der Waals surface area contributed by atoms with Crippen molar-refractivity contribution < 1.29 is 28.8 Å². The third-order valence-electron chi connectivity index (χ3n) is 5.45. The van der Waals surface area contributed by atoms with Gasteiger partial charge >= 0.3 is 5.97 Å². The molecule has 1 aliphatic heterocycles. The average Bonchev–Trinajstić information content (AvgIpc) is 3.24. The van der Waals surface area contributed by atoms with E-state index >= 15 is 0 Å². The van der Waals surface area contributed by atoms with E-state index in [0.29, 0.717) is 42.6 Å². The second kappa shape index (κ2) is 9.71. The summed E-state index contributed by atoms with van der Waals surface area (Å²) in [5.41, 5.74) is 1.79. The largest absolute Gasteiger partial charge is 0.497 e. The number of carbonyl (C=O) groups is 1. The summed E-state index contributed by atoms with van der Waals surface area (Å²) >= 11 is 0. The summed E-state index contributed by atoms with van der Waals surface area (Å²) in [6.07, 6.45) is 1.43. The Morgan fingerprint density at radius 1 is 1.07 bits per heavy atom. The number of carboxylic acid groups (broad SMARTS) is 1. The molecule has 1 heterocycles. The van der Waals surface area contributed by atoms with E-state index in [-0.39, 0.29) is 6.04 Å². The predicted octanol–water partition coefficient (Wildman–Crippen LogP) is 3.75. The van der Waals surface area contributed by atoms with E-state index in [9.17, 15) is 9.90 Å². The van der Waals surface area contributed by atoms with Crippen LogP contribution in [0.4, 0.5) is 0 Å². The molecule has 0 radical (unpaired) electrons. The first-order valence-corrected chi connectivity index (χ1v) is 10.0. The molecule has 2 unspecified atom stereocenters. The molecule has 1 fully saturated rings. The minimum atomic E-state index is -0.816. The summed E-state index contributed by atoms with van der Waals surface area (Å²) < 4.78 is 22.2. The van der Waals surface area contributed by atoms with Crippen LogP contribution in [0.1, 0.15) is 36.9 Å². The molecular formula is C23H29NO6. The second-order valence-electron chi connectivity index (χ2n) is 7.09. The number of aliphatic carboxylic acids is 1. The quantitative estimate of drug-likeness (QED) is 0.668. The van der Waals surface area contributed by atoms with E-state index in [2.05, 4.69) is 0 Å². The Labute approximate surface area is 177 Å². The van der Waals surface area contributed by atoms with Gasteiger partial charge in [0.05, 0.1) is 34.0 Å². The van der Waals surface area contributed by atoms with Crippen molar-refractivity contribution in [3.63, 3.8) is 0 Å². The standard InChI is InChI=1S/C23H29NO6/c1-5-30-21-13-15(8-11-19(21)28-3)22(24-12-6-7-18(24)23(25)26)17-10-9-16(27-2)14-20(17)29-4/h8-11,13-14,18,22H,5-7,12H2,1-4H3,(H,25,26). The molecule has 0 bridgehead atoms. The van der Waals surface area contributed by atoms with E-state index in [1.54, 1.807) is 21.3 Å². The highest BCUT2D eigenvalue weighted by atomic mass is 16.5. The molecule has 7 heteroatoms. The summed E-state index contributed by atoms with van der Waals surface area (Å²) in [5, 5.41) is 9.82. The van der Waals surface area contributed by atoms with Gasteiger partial charge in [0.2, 0.25) is 0 Å². The number of nitrogens with zero attached hydrogens (tertiary/aromatic N) is 1. The van der Waals surface area contributed by atoms with Crippen LogP contribution in [0.15, 0.2) is 36.4 Å². The number of hydrogen-bond donors (Lipinski definition) is 1. The molecular weight excluding hydrogens is 386 g/mol. The van der Waals surface area contributed by atoms with Gasteiger partial charge in [-0.25, -0.2) is 0 Å². The molecule has 2 aromatic carbocycles. The molecule has 0 amide bonds. The SMILES string of the molecule is CCOc1cc(C(c2ccc(OC)cc2OC)N2CCCC2C(=O)O)ccc1OC. The van der Waals surface area contributed by atoms with E-state index < -0.39 is 12.0 Å². The molecule has 1 aliphatic rings. The Hall–Kier alpha value is -2.93. The molecule has 162 valence electrons. The fourth-order valence-corrected chi connectivity index (χ4v) is 4.09.